The zero-order chi connectivity index (χ0) is 10.9. The van der Waals surface area contributed by atoms with E-state index in [0.29, 0.717) is 17.6 Å². The van der Waals surface area contributed by atoms with E-state index < -0.39 is 0 Å². The van der Waals surface area contributed by atoms with Gasteiger partial charge < -0.3 is 0 Å². The highest BCUT2D eigenvalue weighted by molar-refractivity contribution is 9.10. The quantitative estimate of drug-likeness (QED) is 0.421. The zero-order valence-electron chi connectivity index (χ0n) is 9.34. The number of carbonyl (C=O) groups excluding carboxylic acids is 1. The van der Waals surface area contributed by atoms with Crippen LogP contribution in [0, 0.1) is 11.8 Å². The second-order valence-corrected chi connectivity index (χ2v) is 6.25. The second-order valence-electron chi connectivity index (χ2n) is 4.83. The third kappa shape index (κ3) is 1.82. The molecule has 0 N–H and O–H groups in total. The van der Waals surface area contributed by atoms with Crippen LogP contribution in [0.25, 0.3) is 0 Å². The van der Waals surface area contributed by atoms with E-state index in [1.165, 1.54) is 25.7 Å². The molecule has 2 heteroatoms. The molecule has 3 atom stereocenters. The van der Waals surface area contributed by atoms with E-state index in [2.05, 4.69) is 35.0 Å². The summed E-state index contributed by atoms with van der Waals surface area (Å²) in [5.74, 6) is 1.26. The van der Waals surface area contributed by atoms with E-state index in [1.54, 1.807) is 0 Å². The molecule has 84 valence electrons. The molecule has 0 radical (unpaired) electrons. The van der Waals surface area contributed by atoms with Crippen LogP contribution in [0.3, 0.4) is 0 Å². The van der Waals surface area contributed by atoms with Crippen molar-refractivity contribution in [2.75, 3.05) is 0 Å². The van der Waals surface area contributed by atoms with Crippen molar-refractivity contribution < 1.29 is 4.79 Å². The fraction of sp³-hybridized carbons (Fsp3) is 0.769. The average Bonchev–Trinajstić information content (AvgIpc) is 2.70. The van der Waals surface area contributed by atoms with E-state index in [-0.39, 0.29) is 4.32 Å². The maximum Gasteiger partial charge on any atom is 0.154 e. The Bertz CT molecular complexity index is 284. The Morgan fingerprint density at radius 3 is 3.00 bits per heavy atom. The summed E-state index contributed by atoms with van der Waals surface area (Å²) >= 11 is 3.69. The van der Waals surface area contributed by atoms with Crippen LogP contribution in [0.15, 0.2) is 12.2 Å². The number of hydrogen-bond acceptors (Lipinski definition) is 1. The normalized spacial score (nSPS) is 37.9. The van der Waals surface area contributed by atoms with Gasteiger partial charge in [-0.15, -0.1) is 0 Å². The number of hydrogen-bond donors (Lipinski definition) is 0. The number of allylic oxidation sites excluding steroid dienone is 2. The number of rotatable bonds is 5. The van der Waals surface area contributed by atoms with Crippen LogP contribution in [0.2, 0.25) is 0 Å². The summed E-state index contributed by atoms with van der Waals surface area (Å²) in [6.07, 6.45) is 11.4. The zero-order valence-corrected chi connectivity index (χ0v) is 10.9. The van der Waals surface area contributed by atoms with Gasteiger partial charge in [-0.1, -0.05) is 60.7 Å². The predicted molar refractivity (Wildman–Crippen MR) is 66.2 cm³/mol. The van der Waals surface area contributed by atoms with E-state index in [1.807, 2.05) is 0 Å². The standard InChI is InChI=1S/C13H19BrO/c1-2-3-4-5-9-13(14)11-8-6-7-10(11)12(13)15/h6,8,10-11H,2-5,7,9H2,1H3/t10-,11+,13-/m0/s1. The van der Waals surface area contributed by atoms with Crippen LogP contribution in [-0.4, -0.2) is 10.1 Å². The lowest BCUT2D eigenvalue weighted by atomic mass is 9.63. The summed E-state index contributed by atoms with van der Waals surface area (Å²) in [5, 5.41) is 0. The van der Waals surface area contributed by atoms with E-state index >= 15 is 0 Å². The minimum atomic E-state index is -0.182. The Morgan fingerprint density at radius 1 is 1.47 bits per heavy atom. The smallest absolute Gasteiger partial charge is 0.154 e. The molecule has 1 saturated carbocycles. The Labute approximate surface area is 100 Å². The third-order valence-electron chi connectivity index (χ3n) is 3.84. The van der Waals surface area contributed by atoms with Crippen LogP contribution in [-0.2, 0) is 4.79 Å². The van der Waals surface area contributed by atoms with Crippen LogP contribution < -0.4 is 0 Å². The highest BCUT2D eigenvalue weighted by atomic mass is 79.9. The van der Waals surface area contributed by atoms with Crippen molar-refractivity contribution >= 4 is 21.7 Å². The highest BCUT2D eigenvalue weighted by Crippen LogP contribution is 2.54. The molecule has 0 spiro atoms. The molecule has 15 heavy (non-hydrogen) atoms. The molecular weight excluding hydrogens is 252 g/mol. The van der Waals surface area contributed by atoms with Gasteiger partial charge in [0.05, 0.1) is 4.32 Å². The lowest BCUT2D eigenvalue weighted by Crippen LogP contribution is -2.57. The first-order valence-electron chi connectivity index (χ1n) is 6.10. The number of ketones is 1. The van der Waals surface area contributed by atoms with E-state index in [0.717, 1.165) is 12.8 Å². The maximum atomic E-state index is 11.9. The molecule has 2 rings (SSSR count). The molecule has 0 aliphatic heterocycles. The molecule has 1 fully saturated rings. The number of alkyl halides is 1. The molecule has 0 saturated heterocycles. The molecule has 1 nitrogen and oxygen atoms in total. The first kappa shape index (κ1) is 11.4. The SMILES string of the molecule is CCCCCC[C@@]1(Br)C(=O)[C@H]2CC=C[C@H]21. The lowest BCUT2D eigenvalue weighted by Gasteiger charge is -2.46. The number of Topliss-reactive ketones (excluding diaryl/α,β-unsaturated/α-hetero) is 1. The minimum absolute atomic E-state index is 0.182. The molecule has 0 heterocycles. The van der Waals surface area contributed by atoms with Gasteiger partial charge in [0.1, 0.15) is 0 Å². The molecule has 0 aromatic heterocycles. The fourth-order valence-electron chi connectivity index (χ4n) is 2.87. The molecule has 2 aliphatic rings. The molecule has 0 aromatic carbocycles. The summed E-state index contributed by atoms with van der Waals surface area (Å²) < 4.78 is -0.182. The van der Waals surface area contributed by atoms with Gasteiger partial charge in [0.15, 0.2) is 5.78 Å². The lowest BCUT2D eigenvalue weighted by molar-refractivity contribution is -0.136. The van der Waals surface area contributed by atoms with Crippen molar-refractivity contribution in [2.24, 2.45) is 11.8 Å². The first-order valence-corrected chi connectivity index (χ1v) is 6.89. The van der Waals surface area contributed by atoms with Gasteiger partial charge in [-0.25, -0.2) is 0 Å². The molecule has 0 unspecified atom stereocenters. The summed E-state index contributed by atoms with van der Waals surface area (Å²) in [5.41, 5.74) is 0. The number of fused-ring (bicyclic) bond motifs is 1. The molecular formula is C13H19BrO. The molecule has 0 bridgehead atoms. The van der Waals surface area contributed by atoms with Gasteiger partial charge in [-0.05, 0) is 12.8 Å². The van der Waals surface area contributed by atoms with Gasteiger partial charge in [-0.2, -0.15) is 0 Å². The van der Waals surface area contributed by atoms with Gasteiger partial charge in [0, 0.05) is 11.8 Å². The number of carbonyl (C=O) groups is 1. The summed E-state index contributed by atoms with van der Waals surface area (Å²) in [6.45, 7) is 2.22. The minimum Gasteiger partial charge on any atom is -0.298 e. The predicted octanol–water partition coefficient (Wildman–Crippen LogP) is 3.87. The van der Waals surface area contributed by atoms with Gasteiger partial charge in [0.2, 0.25) is 0 Å². The Morgan fingerprint density at radius 2 is 2.27 bits per heavy atom. The van der Waals surface area contributed by atoms with Gasteiger partial charge in [0.25, 0.3) is 0 Å². The number of halogens is 1. The molecule has 0 aromatic rings. The highest BCUT2D eigenvalue weighted by Gasteiger charge is 2.59. The van der Waals surface area contributed by atoms with Crippen LogP contribution in [0.5, 0.6) is 0 Å². The van der Waals surface area contributed by atoms with Crippen LogP contribution in [0.1, 0.15) is 45.4 Å². The van der Waals surface area contributed by atoms with E-state index in [9.17, 15) is 4.79 Å². The largest absolute Gasteiger partial charge is 0.298 e. The fourth-order valence-corrected chi connectivity index (χ4v) is 3.92. The maximum absolute atomic E-state index is 11.9. The molecule has 2 aliphatic carbocycles. The number of unbranched alkanes of at least 4 members (excludes halogenated alkanes) is 3. The van der Waals surface area contributed by atoms with Crippen molar-refractivity contribution in [1.82, 2.24) is 0 Å². The van der Waals surface area contributed by atoms with Crippen molar-refractivity contribution in [1.29, 1.82) is 0 Å². The van der Waals surface area contributed by atoms with Crippen molar-refractivity contribution in [3.05, 3.63) is 12.2 Å². The van der Waals surface area contributed by atoms with Crippen molar-refractivity contribution in [3.63, 3.8) is 0 Å². The van der Waals surface area contributed by atoms with Crippen molar-refractivity contribution in [3.8, 4) is 0 Å². The van der Waals surface area contributed by atoms with Crippen molar-refractivity contribution in [2.45, 2.75) is 49.8 Å². The summed E-state index contributed by atoms with van der Waals surface area (Å²) in [4.78, 5) is 11.9. The average molecular weight is 271 g/mol. The third-order valence-corrected chi connectivity index (χ3v) is 5.15. The van der Waals surface area contributed by atoms with E-state index in [4.69, 9.17) is 0 Å². The Kier molecular flexibility index (Phi) is 3.34. The van der Waals surface area contributed by atoms with Gasteiger partial charge >= 0.3 is 0 Å². The van der Waals surface area contributed by atoms with Crippen LogP contribution >= 0.6 is 15.9 Å². The first-order chi connectivity index (χ1) is 7.20. The summed E-state index contributed by atoms with van der Waals surface area (Å²) in [6, 6.07) is 0. The monoisotopic (exact) mass is 270 g/mol. The van der Waals surface area contributed by atoms with Crippen LogP contribution in [0.4, 0.5) is 0 Å². The molecule has 0 amide bonds. The Hall–Kier alpha value is -0.110. The second kappa shape index (κ2) is 4.40. The van der Waals surface area contributed by atoms with Gasteiger partial charge in [-0.3, -0.25) is 4.79 Å². The topological polar surface area (TPSA) is 17.1 Å². The summed E-state index contributed by atoms with van der Waals surface area (Å²) in [7, 11) is 0. The Balaban J connectivity index is 1.85.